The van der Waals surface area contributed by atoms with Gasteiger partial charge in [-0.15, -0.1) is 0 Å². The van der Waals surface area contributed by atoms with Crippen LogP contribution >= 0.6 is 0 Å². The first-order valence-corrected chi connectivity index (χ1v) is 9.34. The van der Waals surface area contributed by atoms with E-state index in [0.717, 1.165) is 16.6 Å². The van der Waals surface area contributed by atoms with Crippen LogP contribution in [0.4, 0.5) is 11.4 Å². The van der Waals surface area contributed by atoms with Gasteiger partial charge in [0.15, 0.2) is 0 Å². The van der Waals surface area contributed by atoms with Crippen molar-refractivity contribution in [3.05, 3.63) is 54.6 Å². The summed E-state index contributed by atoms with van der Waals surface area (Å²) in [5.74, 6) is 0. The molecule has 0 aliphatic carbocycles. The maximum Gasteiger partial charge on any atom is 0.537 e. The highest BCUT2D eigenvalue weighted by Crippen LogP contribution is 2.20. The lowest BCUT2D eigenvalue weighted by Gasteiger charge is -2.33. The van der Waals surface area contributed by atoms with Gasteiger partial charge in [-0.3, -0.25) is 0 Å². The summed E-state index contributed by atoms with van der Waals surface area (Å²) in [6, 6.07) is 18.1. The molecule has 0 unspecified atom stereocenters. The Bertz CT molecular complexity index is 604. The number of benzene rings is 2. The molecule has 0 radical (unpaired) electrons. The summed E-state index contributed by atoms with van der Waals surface area (Å²) in [5.41, 5.74) is 1.71. The summed E-state index contributed by atoms with van der Waals surface area (Å²) in [6.07, 6.45) is 0. The molecule has 0 saturated heterocycles. The van der Waals surface area contributed by atoms with Crippen LogP contribution in [0.15, 0.2) is 54.6 Å². The predicted molar refractivity (Wildman–Crippen MR) is 96.4 cm³/mol. The highest BCUT2D eigenvalue weighted by molar-refractivity contribution is 6.75. The van der Waals surface area contributed by atoms with Gasteiger partial charge in [0.25, 0.3) is 0 Å². The van der Waals surface area contributed by atoms with Crippen molar-refractivity contribution in [1.82, 2.24) is 0 Å². The van der Waals surface area contributed by atoms with Crippen molar-refractivity contribution in [2.24, 2.45) is 0 Å². The summed E-state index contributed by atoms with van der Waals surface area (Å²) in [6.45, 7) is 5.99. The second kappa shape index (κ2) is 7.27. The molecule has 0 fully saturated rings. The Balaban J connectivity index is 2.22. The Morgan fingerprint density at radius 2 is 1.30 bits per heavy atom. The SMILES string of the molecule is CO[Si](OC)(OC(C)(C)C)c1ccc(Nc2ccccc2)cc1. The standard InChI is InChI=1S/C18H25NO3Si/c1-18(2,3)22-23(20-4,21-5)17-13-11-16(12-14-17)19-15-9-7-6-8-10-15/h6-14,19H,1-5H3. The minimum atomic E-state index is -2.90. The van der Waals surface area contributed by atoms with E-state index in [-0.39, 0.29) is 5.60 Å². The smallest absolute Gasteiger partial charge is 0.373 e. The molecule has 0 aliphatic heterocycles. The van der Waals surface area contributed by atoms with Crippen molar-refractivity contribution in [2.45, 2.75) is 26.4 Å². The average Bonchev–Trinajstić information content (AvgIpc) is 2.53. The van der Waals surface area contributed by atoms with Crippen molar-refractivity contribution < 1.29 is 13.3 Å². The maximum atomic E-state index is 6.14. The predicted octanol–water partition coefficient (Wildman–Crippen LogP) is 3.68. The first-order chi connectivity index (χ1) is 10.9. The van der Waals surface area contributed by atoms with Crippen LogP contribution in [0.1, 0.15) is 20.8 Å². The molecule has 4 nitrogen and oxygen atoms in total. The first-order valence-electron chi connectivity index (χ1n) is 7.62. The Morgan fingerprint density at radius 3 is 1.78 bits per heavy atom. The van der Waals surface area contributed by atoms with Gasteiger partial charge < -0.3 is 18.6 Å². The Hall–Kier alpha value is -1.66. The van der Waals surface area contributed by atoms with Crippen LogP contribution < -0.4 is 10.5 Å². The third-order valence-electron chi connectivity index (χ3n) is 3.28. The van der Waals surface area contributed by atoms with Crippen molar-refractivity contribution in [3.63, 3.8) is 0 Å². The van der Waals surface area contributed by atoms with Gasteiger partial charge in [0, 0.05) is 30.8 Å². The zero-order valence-electron chi connectivity index (χ0n) is 14.4. The average molecular weight is 331 g/mol. The van der Waals surface area contributed by atoms with Gasteiger partial charge in [-0.2, -0.15) is 0 Å². The molecule has 0 aliphatic rings. The van der Waals surface area contributed by atoms with E-state index >= 15 is 0 Å². The van der Waals surface area contributed by atoms with Crippen LogP contribution in [0.5, 0.6) is 0 Å². The summed E-state index contributed by atoms with van der Waals surface area (Å²) < 4.78 is 17.5. The summed E-state index contributed by atoms with van der Waals surface area (Å²) in [7, 11) is 0.375. The molecular weight excluding hydrogens is 306 g/mol. The van der Waals surface area contributed by atoms with Crippen LogP contribution in [0.2, 0.25) is 0 Å². The zero-order valence-corrected chi connectivity index (χ0v) is 15.4. The highest BCUT2D eigenvalue weighted by Gasteiger charge is 2.45. The van der Waals surface area contributed by atoms with Gasteiger partial charge in [-0.25, -0.2) is 0 Å². The summed E-state index contributed by atoms with van der Waals surface area (Å²) in [5, 5.41) is 4.30. The van der Waals surface area contributed by atoms with Crippen molar-refractivity contribution >= 4 is 25.4 Å². The molecule has 0 saturated carbocycles. The van der Waals surface area contributed by atoms with Crippen LogP contribution in [-0.4, -0.2) is 28.6 Å². The van der Waals surface area contributed by atoms with Crippen molar-refractivity contribution in [2.75, 3.05) is 19.5 Å². The fourth-order valence-corrected chi connectivity index (χ4v) is 4.61. The summed E-state index contributed by atoms with van der Waals surface area (Å²) in [4.78, 5) is 0. The number of hydrogen-bond acceptors (Lipinski definition) is 4. The normalized spacial score (nSPS) is 12.2. The molecule has 0 amide bonds. The molecule has 124 valence electrons. The number of rotatable bonds is 6. The first kappa shape index (κ1) is 17.7. The van der Waals surface area contributed by atoms with E-state index in [9.17, 15) is 0 Å². The monoisotopic (exact) mass is 331 g/mol. The molecular formula is C18H25NO3Si. The van der Waals surface area contributed by atoms with E-state index in [1.165, 1.54) is 0 Å². The minimum absolute atomic E-state index is 0.348. The number of para-hydroxylation sites is 1. The third kappa shape index (κ3) is 4.65. The molecule has 0 bridgehead atoms. The molecule has 2 aromatic carbocycles. The molecule has 1 N–H and O–H groups in total. The lowest BCUT2D eigenvalue weighted by Crippen LogP contribution is -2.58. The van der Waals surface area contributed by atoms with E-state index in [0.29, 0.717) is 0 Å². The van der Waals surface area contributed by atoms with E-state index in [2.05, 4.69) is 5.32 Å². The largest absolute Gasteiger partial charge is 0.537 e. The topological polar surface area (TPSA) is 39.7 Å². The molecule has 23 heavy (non-hydrogen) atoms. The second-order valence-corrected chi connectivity index (χ2v) is 8.96. The fourth-order valence-electron chi connectivity index (χ4n) is 2.31. The lowest BCUT2D eigenvalue weighted by molar-refractivity contribution is 0.0273. The highest BCUT2D eigenvalue weighted by atomic mass is 28.4. The van der Waals surface area contributed by atoms with Crippen LogP contribution in [0.25, 0.3) is 0 Å². The molecule has 2 rings (SSSR count). The lowest BCUT2D eigenvalue weighted by atomic mass is 10.2. The van der Waals surface area contributed by atoms with Crippen LogP contribution in [0.3, 0.4) is 0 Å². The van der Waals surface area contributed by atoms with Gasteiger partial charge in [0.05, 0.1) is 5.60 Å². The van der Waals surface area contributed by atoms with Gasteiger partial charge >= 0.3 is 8.80 Å². The van der Waals surface area contributed by atoms with Crippen molar-refractivity contribution in [1.29, 1.82) is 0 Å². The third-order valence-corrected chi connectivity index (χ3v) is 6.28. The fraction of sp³-hybridized carbons (Fsp3) is 0.333. The zero-order chi connectivity index (χ0) is 16.9. The molecule has 0 atom stereocenters. The molecule has 5 heteroatoms. The number of anilines is 2. The second-order valence-electron chi connectivity index (χ2n) is 6.25. The Morgan fingerprint density at radius 1 is 0.783 bits per heavy atom. The van der Waals surface area contributed by atoms with Gasteiger partial charge in [0.1, 0.15) is 0 Å². The van der Waals surface area contributed by atoms with Crippen LogP contribution in [-0.2, 0) is 13.3 Å². The number of nitrogens with one attached hydrogen (secondary N) is 1. The minimum Gasteiger partial charge on any atom is -0.373 e. The van der Waals surface area contributed by atoms with Gasteiger partial charge in [-0.05, 0) is 45.0 Å². The maximum absolute atomic E-state index is 6.14. The molecule has 0 aromatic heterocycles. The van der Waals surface area contributed by atoms with E-state index in [1.54, 1.807) is 14.2 Å². The molecule has 0 spiro atoms. The number of hydrogen-bond donors (Lipinski definition) is 1. The van der Waals surface area contributed by atoms with Crippen LogP contribution in [0, 0.1) is 0 Å². The Labute approximate surface area is 139 Å². The molecule has 2 aromatic rings. The van der Waals surface area contributed by atoms with E-state index in [1.807, 2.05) is 75.4 Å². The van der Waals surface area contributed by atoms with Crippen molar-refractivity contribution in [3.8, 4) is 0 Å². The van der Waals surface area contributed by atoms with Gasteiger partial charge in [0.2, 0.25) is 0 Å². The van der Waals surface area contributed by atoms with E-state index in [4.69, 9.17) is 13.3 Å². The van der Waals surface area contributed by atoms with Gasteiger partial charge in [-0.1, -0.05) is 30.3 Å². The summed E-state index contributed by atoms with van der Waals surface area (Å²) >= 11 is 0. The van der Waals surface area contributed by atoms with E-state index < -0.39 is 8.80 Å². The Kier molecular flexibility index (Phi) is 5.59. The molecule has 0 heterocycles. The quantitative estimate of drug-likeness (QED) is 0.820.